The number of hydrogen-bond donors (Lipinski definition) is 1. The Balaban J connectivity index is 2.28. The number of carboxylic acids is 1. The van der Waals surface area contributed by atoms with Crippen LogP contribution in [0.1, 0.15) is 41.3 Å². The van der Waals surface area contributed by atoms with Crippen LogP contribution in [-0.2, 0) is 4.79 Å². The highest BCUT2D eigenvalue weighted by atomic mass is 16.4. The lowest BCUT2D eigenvalue weighted by Crippen LogP contribution is -2.44. The molecule has 1 fully saturated rings. The molecule has 0 radical (unpaired) electrons. The van der Waals surface area contributed by atoms with Gasteiger partial charge in [0.05, 0.1) is 0 Å². The van der Waals surface area contributed by atoms with Gasteiger partial charge in [-0.15, -0.1) is 0 Å². The summed E-state index contributed by atoms with van der Waals surface area (Å²) in [6.45, 7) is 5.51. The van der Waals surface area contributed by atoms with E-state index in [1.807, 2.05) is 26.0 Å². The lowest BCUT2D eigenvalue weighted by atomic mass is 10.0. The minimum atomic E-state index is -0.955. The lowest BCUT2D eigenvalue weighted by molar-refractivity contribution is -0.141. The monoisotopic (exact) mass is 261 g/mol. The normalized spacial score (nSPS) is 15.9. The van der Waals surface area contributed by atoms with E-state index in [0.29, 0.717) is 5.56 Å². The molecule has 1 N–H and O–H groups in total. The average Bonchev–Trinajstić information content (AvgIpc) is 3.17. The van der Waals surface area contributed by atoms with Crippen LogP contribution in [0.4, 0.5) is 0 Å². The second-order valence-corrected chi connectivity index (χ2v) is 5.26. The summed E-state index contributed by atoms with van der Waals surface area (Å²) in [5.41, 5.74) is 2.74. The van der Waals surface area contributed by atoms with Gasteiger partial charge in [0.25, 0.3) is 5.91 Å². The van der Waals surface area contributed by atoms with Gasteiger partial charge in [0.2, 0.25) is 0 Å². The third kappa shape index (κ3) is 2.78. The van der Waals surface area contributed by atoms with Crippen molar-refractivity contribution in [2.24, 2.45) is 0 Å². The quantitative estimate of drug-likeness (QED) is 0.905. The van der Waals surface area contributed by atoms with Crippen LogP contribution >= 0.6 is 0 Å². The van der Waals surface area contributed by atoms with Gasteiger partial charge in [-0.2, -0.15) is 0 Å². The number of aryl methyl sites for hydroxylation is 2. The largest absolute Gasteiger partial charge is 0.480 e. The first-order valence-corrected chi connectivity index (χ1v) is 6.54. The van der Waals surface area contributed by atoms with Gasteiger partial charge in [-0.1, -0.05) is 6.07 Å². The van der Waals surface area contributed by atoms with Crippen molar-refractivity contribution in [1.29, 1.82) is 0 Å². The fraction of sp³-hybridized carbons (Fsp3) is 0.467. The summed E-state index contributed by atoms with van der Waals surface area (Å²) in [4.78, 5) is 25.1. The highest BCUT2D eigenvalue weighted by molar-refractivity contribution is 5.97. The molecule has 1 atom stereocenters. The van der Waals surface area contributed by atoms with E-state index in [4.69, 9.17) is 5.11 Å². The molecule has 0 saturated heterocycles. The molecular weight excluding hydrogens is 242 g/mol. The molecule has 1 aromatic rings. The SMILES string of the molecule is Cc1ccc(C(=O)N(C2CC2)C(C)C(=O)O)cc1C. The number of amides is 1. The van der Waals surface area contributed by atoms with Crippen LogP contribution in [0.15, 0.2) is 18.2 Å². The van der Waals surface area contributed by atoms with Gasteiger partial charge < -0.3 is 10.0 Å². The zero-order valence-corrected chi connectivity index (χ0v) is 11.5. The van der Waals surface area contributed by atoms with E-state index < -0.39 is 12.0 Å². The number of carboxylic acid groups (broad SMARTS) is 1. The third-order valence-electron chi connectivity index (χ3n) is 3.70. The summed E-state index contributed by atoms with van der Waals surface area (Å²) in [5.74, 6) is -1.13. The maximum atomic E-state index is 12.5. The van der Waals surface area contributed by atoms with Crippen LogP contribution in [0.3, 0.4) is 0 Å². The molecule has 19 heavy (non-hydrogen) atoms. The molecule has 0 heterocycles. The topological polar surface area (TPSA) is 57.6 Å². The van der Waals surface area contributed by atoms with Gasteiger partial charge in [0.1, 0.15) is 6.04 Å². The minimum absolute atomic E-state index is 0.0835. The van der Waals surface area contributed by atoms with Crippen molar-refractivity contribution < 1.29 is 14.7 Å². The molecule has 1 aliphatic rings. The van der Waals surface area contributed by atoms with Crippen molar-refractivity contribution in [3.05, 3.63) is 34.9 Å². The number of carbonyl (C=O) groups excluding carboxylic acids is 1. The van der Waals surface area contributed by atoms with Crippen LogP contribution in [0.25, 0.3) is 0 Å². The Morgan fingerprint density at radius 1 is 1.26 bits per heavy atom. The maximum absolute atomic E-state index is 12.5. The molecular formula is C15H19NO3. The zero-order valence-electron chi connectivity index (χ0n) is 11.5. The Morgan fingerprint density at radius 3 is 2.37 bits per heavy atom. The summed E-state index contributed by atoms with van der Waals surface area (Å²) in [7, 11) is 0. The number of benzene rings is 1. The van der Waals surface area contributed by atoms with Crippen LogP contribution in [-0.4, -0.2) is 34.0 Å². The predicted molar refractivity (Wildman–Crippen MR) is 72.2 cm³/mol. The van der Waals surface area contributed by atoms with Crippen LogP contribution in [0.5, 0.6) is 0 Å². The highest BCUT2D eigenvalue weighted by Gasteiger charge is 2.38. The van der Waals surface area contributed by atoms with Gasteiger partial charge in [-0.05, 0) is 56.9 Å². The van der Waals surface area contributed by atoms with E-state index in [2.05, 4.69) is 0 Å². The summed E-state index contributed by atoms with van der Waals surface area (Å²) < 4.78 is 0. The summed E-state index contributed by atoms with van der Waals surface area (Å²) in [5, 5.41) is 9.13. The molecule has 1 amide bonds. The van der Waals surface area contributed by atoms with E-state index in [0.717, 1.165) is 24.0 Å². The van der Waals surface area contributed by atoms with Gasteiger partial charge >= 0.3 is 5.97 Å². The zero-order chi connectivity index (χ0) is 14.2. The molecule has 1 aromatic carbocycles. The van der Waals surface area contributed by atoms with E-state index in [9.17, 15) is 9.59 Å². The van der Waals surface area contributed by atoms with E-state index >= 15 is 0 Å². The van der Waals surface area contributed by atoms with Crippen molar-refractivity contribution in [2.45, 2.75) is 45.7 Å². The van der Waals surface area contributed by atoms with E-state index in [-0.39, 0.29) is 11.9 Å². The van der Waals surface area contributed by atoms with Crippen LogP contribution < -0.4 is 0 Å². The lowest BCUT2D eigenvalue weighted by Gasteiger charge is -2.26. The smallest absolute Gasteiger partial charge is 0.326 e. The average molecular weight is 261 g/mol. The minimum Gasteiger partial charge on any atom is -0.480 e. The first-order chi connectivity index (χ1) is 8.91. The summed E-state index contributed by atoms with van der Waals surface area (Å²) in [6.07, 6.45) is 1.79. The summed E-state index contributed by atoms with van der Waals surface area (Å²) in [6, 6.07) is 4.82. The van der Waals surface area contributed by atoms with E-state index in [1.165, 1.54) is 4.90 Å². The Bertz CT molecular complexity index is 520. The standard InChI is InChI=1S/C15H19NO3/c1-9-4-5-12(8-10(9)2)14(17)16(13-6-7-13)11(3)15(18)19/h4-5,8,11,13H,6-7H2,1-3H3,(H,18,19). The van der Waals surface area contributed by atoms with Gasteiger partial charge in [-0.25, -0.2) is 4.79 Å². The predicted octanol–water partition coefficient (Wildman–Crippen LogP) is 2.38. The third-order valence-corrected chi connectivity index (χ3v) is 3.70. The molecule has 0 bridgehead atoms. The molecule has 1 unspecified atom stereocenters. The van der Waals surface area contributed by atoms with Crippen LogP contribution in [0, 0.1) is 13.8 Å². The van der Waals surface area contributed by atoms with Crippen molar-refractivity contribution in [3.63, 3.8) is 0 Å². The van der Waals surface area contributed by atoms with Crippen molar-refractivity contribution in [2.75, 3.05) is 0 Å². The second kappa shape index (κ2) is 5.03. The van der Waals surface area contributed by atoms with Crippen molar-refractivity contribution in [3.8, 4) is 0 Å². The van der Waals surface area contributed by atoms with Gasteiger partial charge in [0.15, 0.2) is 0 Å². The molecule has 4 nitrogen and oxygen atoms in total. The molecule has 4 heteroatoms. The number of rotatable bonds is 4. The first-order valence-electron chi connectivity index (χ1n) is 6.54. The number of nitrogens with zero attached hydrogens (tertiary/aromatic N) is 1. The fourth-order valence-electron chi connectivity index (χ4n) is 2.15. The second-order valence-electron chi connectivity index (χ2n) is 5.26. The number of carbonyl (C=O) groups is 2. The molecule has 0 spiro atoms. The van der Waals surface area contributed by atoms with E-state index in [1.54, 1.807) is 13.0 Å². The fourth-order valence-corrected chi connectivity index (χ4v) is 2.15. The molecule has 2 rings (SSSR count). The van der Waals surface area contributed by atoms with Crippen LogP contribution in [0.2, 0.25) is 0 Å². The Morgan fingerprint density at radius 2 is 1.89 bits per heavy atom. The highest BCUT2D eigenvalue weighted by Crippen LogP contribution is 2.30. The molecule has 0 aliphatic heterocycles. The Kier molecular flexibility index (Phi) is 3.60. The Hall–Kier alpha value is -1.84. The molecule has 0 aromatic heterocycles. The van der Waals surface area contributed by atoms with Crippen molar-refractivity contribution in [1.82, 2.24) is 4.90 Å². The number of hydrogen-bond acceptors (Lipinski definition) is 2. The van der Waals surface area contributed by atoms with Gasteiger partial charge in [-0.3, -0.25) is 4.79 Å². The van der Waals surface area contributed by atoms with Gasteiger partial charge in [0, 0.05) is 11.6 Å². The first kappa shape index (κ1) is 13.6. The van der Waals surface area contributed by atoms with Crippen molar-refractivity contribution >= 4 is 11.9 Å². The molecule has 1 saturated carbocycles. The molecule has 102 valence electrons. The number of aliphatic carboxylic acids is 1. The summed E-state index contributed by atoms with van der Waals surface area (Å²) >= 11 is 0. The molecule has 1 aliphatic carbocycles. The maximum Gasteiger partial charge on any atom is 0.326 e. The Labute approximate surface area is 113 Å².